The molecule has 0 aliphatic rings. The summed E-state index contributed by atoms with van der Waals surface area (Å²) in [4.78, 5) is 38.9. The van der Waals surface area contributed by atoms with Crippen LogP contribution in [0.4, 0.5) is 4.79 Å². The molecule has 1 aromatic heterocycles. The number of rotatable bonds is 8. The van der Waals surface area contributed by atoms with Crippen molar-refractivity contribution in [3.8, 4) is 0 Å². The number of primary amides is 1. The minimum atomic E-state index is -0.933. The van der Waals surface area contributed by atoms with Crippen molar-refractivity contribution < 1.29 is 19.1 Å². The zero-order chi connectivity index (χ0) is 20.6. The van der Waals surface area contributed by atoms with Crippen LogP contribution in [0.25, 0.3) is 10.9 Å². The largest absolute Gasteiger partial charge is 0.445 e. The molecule has 8 heteroatoms. The summed E-state index contributed by atoms with van der Waals surface area (Å²) in [7, 11) is 0. The second-order valence-electron chi connectivity index (χ2n) is 6.51. The van der Waals surface area contributed by atoms with Gasteiger partial charge in [-0.15, -0.1) is 0 Å². The average Bonchev–Trinajstić information content (AvgIpc) is 3.13. The summed E-state index contributed by atoms with van der Waals surface area (Å²) in [6.45, 7) is -0.237. The Labute approximate surface area is 167 Å². The Morgan fingerprint density at radius 3 is 2.52 bits per heavy atom. The number of carbonyl (C=O) groups excluding carboxylic acids is 3. The van der Waals surface area contributed by atoms with Crippen LogP contribution in [0.3, 0.4) is 0 Å². The molecule has 0 spiro atoms. The van der Waals surface area contributed by atoms with Crippen LogP contribution in [0, 0.1) is 0 Å². The van der Waals surface area contributed by atoms with Gasteiger partial charge >= 0.3 is 6.09 Å². The fraction of sp³-hybridized carbons (Fsp3) is 0.190. The molecule has 0 bridgehead atoms. The number of amides is 3. The topological polar surface area (TPSA) is 126 Å². The number of benzene rings is 2. The van der Waals surface area contributed by atoms with Gasteiger partial charge in [-0.1, -0.05) is 48.5 Å². The quantitative estimate of drug-likeness (QED) is 0.463. The number of aromatic nitrogens is 1. The number of nitrogens with two attached hydrogens (primary N) is 1. The van der Waals surface area contributed by atoms with Gasteiger partial charge in [0.25, 0.3) is 0 Å². The number of H-pyrrole nitrogens is 1. The minimum absolute atomic E-state index is 0.0788. The molecule has 3 rings (SSSR count). The van der Waals surface area contributed by atoms with Crippen molar-refractivity contribution in [3.05, 3.63) is 71.9 Å². The lowest BCUT2D eigenvalue weighted by Crippen LogP contribution is -2.49. The highest BCUT2D eigenvalue weighted by Gasteiger charge is 2.23. The molecule has 5 N–H and O–H groups in total. The number of ether oxygens (including phenoxy) is 1. The van der Waals surface area contributed by atoms with Crippen molar-refractivity contribution in [2.75, 3.05) is 6.54 Å². The van der Waals surface area contributed by atoms with Crippen molar-refractivity contribution in [1.29, 1.82) is 0 Å². The molecule has 3 aromatic rings. The highest BCUT2D eigenvalue weighted by Crippen LogP contribution is 2.19. The maximum atomic E-state index is 12.5. The normalized spacial score (nSPS) is 11.6. The fourth-order valence-electron chi connectivity index (χ4n) is 2.93. The molecule has 1 heterocycles. The predicted molar refractivity (Wildman–Crippen MR) is 108 cm³/mol. The molecule has 0 unspecified atom stereocenters. The lowest BCUT2D eigenvalue weighted by molar-refractivity contribution is -0.126. The first kappa shape index (κ1) is 19.9. The van der Waals surface area contributed by atoms with Gasteiger partial charge in [-0.2, -0.15) is 0 Å². The molecule has 0 saturated heterocycles. The van der Waals surface area contributed by atoms with Crippen molar-refractivity contribution in [3.63, 3.8) is 0 Å². The third kappa shape index (κ3) is 5.58. The number of hydrogen-bond donors (Lipinski definition) is 4. The average molecular weight is 394 g/mol. The van der Waals surface area contributed by atoms with E-state index in [2.05, 4.69) is 15.6 Å². The summed E-state index contributed by atoms with van der Waals surface area (Å²) >= 11 is 0. The van der Waals surface area contributed by atoms with Gasteiger partial charge in [0, 0.05) is 23.5 Å². The lowest BCUT2D eigenvalue weighted by atomic mass is 10.0. The van der Waals surface area contributed by atoms with Crippen LogP contribution >= 0.6 is 0 Å². The van der Waals surface area contributed by atoms with Crippen LogP contribution in [-0.2, 0) is 27.4 Å². The first-order valence-corrected chi connectivity index (χ1v) is 9.11. The highest BCUT2D eigenvalue weighted by molar-refractivity contribution is 5.90. The Bertz CT molecular complexity index is 1000. The van der Waals surface area contributed by atoms with E-state index < -0.39 is 23.9 Å². The third-order valence-corrected chi connectivity index (χ3v) is 4.36. The maximum absolute atomic E-state index is 12.5. The Balaban J connectivity index is 1.69. The van der Waals surface area contributed by atoms with Gasteiger partial charge in [-0.25, -0.2) is 4.79 Å². The summed E-state index contributed by atoms with van der Waals surface area (Å²) in [5.41, 5.74) is 7.69. The molecule has 1 atom stereocenters. The van der Waals surface area contributed by atoms with Crippen molar-refractivity contribution in [2.45, 2.75) is 19.1 Å². The van der Waals surface area contributed by atoms with Gasteiger partial charge in [0.2, 0.25) is 11.8 Å². The number of para-hydroxylation sites is 1. The monoisotopic (exact) mass is 394 g/mol. The summed E-state index contributed by atoms with van der Waals surface area (Å²) in [6, 6.07) is 15.9. The minimum Gasteiger partial charge on any atom is -0.445 e. The van der Waals surface area contributed by atoms with E-state index in [9.17, 15) is 14.4 Å². The van der Waals surface area contributed by atoms with E-state index in [1.807, 2.05) is 54.6 Å². The molecular formula is C21H22N4O4. The number of aromatic amines is 1. The van der Waals surface area contributed by atoms with Gasteiger partial charge in [-0.3, -0.25) is 9.59 Å². The van der Waals surface area contributed by atoms with Gasteiger partial charge in [0.1, 0.15) is 12.6 Å². The number of fused-ring (bicyclic) bond motifs is 1. The standard InChI is InChI=1S/C21H22N4O4/c22-19(26)12-24-20(27)18(10-15-11-23-17-9-5-4-8-16(15)17)25-21(28)29-13-14-6-2-1-3-7-14/h1-9,11,18,23H,10,12-13H2,(H2,22,26)(H,24,27)(H,25,28)/t18-/m0/s1. The van der Waals surface area contributed by atoms with Crippen LogP contribution in [0.5, 0.6) is 0 Å². The molecule has 3 amide bonds. The number of carbonyl (C=O) groups is 3. The molecule has 0 fully saturated rings. The fourth-order valence-corrected chi connectivity index (χ4v) is 2.93. The summed E-state index contributed by atoms with van der Waals surface area (Å²) in [5.74, 6) is -1.19. The smallest absolute Gasteiger partial charge is 0.408 e. The first-order valence-electron chi connectivity index (χ1n) is 9.11. The molecule has 150 valence electrons. The van der Waals surface area contributed by atoms with Gasteiger partial charge in [0.15, 0.2) is 0 Å². The second kappa shape index (κ2) is 9.41. The maximum Gasteiger partial charge on any atom is 0.408 e. The number of hydrogen-bond acceptors (Lipinski definition) is 4. The SMILES string of the molecule is NC(=O)CNC(=O)[C@H](Cc1c[nH]c2ccccc12)NC(=O)OCc1ccccc1. The Morgan fingerprint density at radius 2 is 1.76 bits per heavy atom. The first-order chi connectivity index (χ1) is 14.0. The molecule has 29 heavy (non-hydrogen) atoms. The van der Waals surface area contributed by atoms with Crippen molar-refractivity contribution >= 4 is 28.8 Å². The van der Waals surface area contributed by atoms with Crippen LogP contribution in [0.1, 0.15) is 11.1 Å². The van der Waals surface area contributed by atoms with E-state index in [0.29, 0.717) is 0 Å². The molecule has 8 nitrogen and oxygen atoms in total. The molecule has 0 saturated carbocycles. The number of alkyl carbamates (subject to hydrolysis) is 1. The molecule has 0 aliphatic heterocycles. The summed E-state index contributed by atoms with van der Waals surface area (Å²) in [5, 5.41) is 5.95. The Kier molecular flexibility index (Phi) is 6.47. The second-order valence-corrected chi connectivity index (χ2v) is 6.51. The van der Waals surface area contributed by atoms with E-state index in [1.165, 1.54) is 0 Å². The molecule has 0 aliphatic carbocycles. The van der Waals surface area contributed by atoms with Gasteiger partial charge < -0.3 is 26.1 Å². The van der Waals surface area contributed by atoms with Crippen molar-refractivity contribution in [1.82, 2.24) is 15.6 Å². The van der Waals surface area contributed by atoms with Crippen molar-refractivity contribution in [2.24, 2.45) is 5.73 Å². The predicted octanol–water partition coefficient (Wildman–Crippen LogP) is 1.61. The molecule has 0 radical (unpaired) electrons. The summed E-state index contributed by atoms with van der Waals surface area (Å²) in [6.07, 6.45) is 1.28. The van der Waals surface area contributed by atoms with Gasteiger partial charge in [0.05, 0.1) is 6.54 Å². The van der Waals surface area contributed by atoms with Crippen LogP contribution in [0.2, 0.25) is 0 Å². The van der Waals surface area contributed by atoms with Crippen LogP contribution < -0.4 is 16.4 Å². The van der Waals surface area contributed by atoms with E-state index in [0.717, 1.165) is 22.0 Å². The van der Waals surface area contributed by atoms with Crippen LogP contribution in [0.15, 0.2) is 60.8 Å². The van der Waals surface area contributed by atoms with E-state index in [1.54, 1.807) is 6.20 Å². The third-order valence-electron chi connectivity index (χ3n) is 4.36. The lowest BCUT2D eigenvalue weighted by Gasteiger charge is -2.18. The van der Waals surface area contributed by atoms with E-state index >= 15 is 0 Å². The molecular weight excluding hydrogens is 372 g/mol. The zero-order valence-electron chi connectivity index (χ0n) is 15.7. The van der Waals surface area contributed by atoms with Crippen LogP contribution in [-0.4, -0.2) is 35.5 Å². The Hall–Kier alpha value is -3.81. The Morgan fingerprint density at radius 1 is 1.03 bits per heavy atom. The number of nitrogens with one attached hydrogen (secondary N) is 3. The molecule has 2 aromatic carbocycles. The van der Waals surface area contributed by atoms with E-state index in [4.69, 9.17) is 10.5 Å². The van der Waals surface area contributed by atoms with Gasteiger partial charge in [-0.05, 0) is 17.2 Å². The zero-order valence-corrected chi connectivity index (χ0v) is 15.7. The summed E-state index contributed by atoms with van der Waals surface area (Å²) < 4.78 is 5.21. The van der Waals surface area contributed by atoms with E-state index in [-0.39, 0.29) is 19.6 Å². The highest BCUT2D eigenvalue weighted by atomic mass is 16.5.